The molecular weight excluding hydrogens is 496 g/mol. The topological polar surface area (TPSA) is 120 Å². The highest BCUT2D eigenvalue weighted by Crippen LogP contribution is 2.38. The Labute approximate surface area is 218 Å². The molecule has 5 rings (SSSR count). The van der Waals surface area contributed by atoms with Crippen molar-refractivity contribution in [3.8, 4) is 17.0 Å². The van der Waals surface area contributed by atoms with Crippen LogP contribution in [-0.4, -0.2) is 68.1 Å². The van der Waals surface area contributed by atoms with Crippen LogP contribution in [0, 0.1) is 12.8 Å². The van der Waals surface area contributed by atoms with Crippen molar-refractivity contribution in [3.63, 3.8) is 0 Å². The molecule has 202 valence electrons. The van der Waals surface area contributed by atoms with Crippen LogP contribution in [-0.2, 0) is 4.79 Å². The summed E-state index contributed by atoms with van der Waals surface area (Å²) < 4.78 is 33.1. The lowest BCUT2D eigenvalue weighted by atomic mass is 10.0. The minimum absolute atomic E-state index is 0.128. The van der Waals surface area contributed by atoms with E-state index in [2.05, 4.69) is 20.3 Å². The third-order valence-electron chi connectivity index (χ3n) is 7.23. The SMILES string of the molecule is Cc1[nH]c2c(-c3cc(C(F)F)ccc3OCC3CC3)ncnc2c1C(=O)N[C@H]1C[C@@H](C)N(C(=O)[C@H](C)O)C1. The van der Waals surface area contributed by atoms with Crippen LogP contribution >= 0.6 is 0 Å². The molecule has 2 amide bonds. The van der Waals surface area contributed by atoms with Crippen LogP contribution in [0.5, 0.6) is 5.75 Å². The number of benzene rings is 1. The van der Waals surface area contributed by atoms with Gasteiger partial charge in [0.05, 0.1) is 17.7 Å². The molecule has 0 radical (unpaired) electrons. The zero-order valence-corrected chi connectivity index (χ0v) is 21.5. The highest BCUT2D eigenvalue weighted by atomic mass is 19.3. The van der Waals surface area contributed by atoms with E-state index in [4.69, 9.17) is 4.74 Å². The number of aromatic nitrogens is 3. The lowest BCUT2D eigenvalue weighted by Crippen LogP contribution is -2.42. The third kappa shape index (κ3) is 5.07. The van der Waals surface area contributed by atoms with Gasteiger partial charge in [-0.05, 0) is 64.2 Å². The molecule has 0 bridgehead atoms. The van der Waals surface area contributed by atoms with E-state index in [1.54, 1.807) is 11.8 Å². The van der Waals surface area contributed by atoms with Crippen molar-refractivity contribution in [1.29, 1.82) is 0 Å². The lowest BCUT2D eigenvalue weighted by Gasteiger charge is -2.22. The van der Waals surface area contributed by atoms with E-state index in [-0.39, 0.29) is 29.5 Å². The number of carbonyl (C=O) groups is 2. The van der Waals surface area contributed by atoms with Crippen molar-refractivity contribution in [3.05, 3.63) is 41.3 Å². The minimum atomic E-state index is -2.66. The molecule has 3 atom stereocenters. The summed E-state index contributed by atoms with van der Waals surface area (Å²) in [7, 11) is 0. The molecule has 2 aliphatic rings. The number of hydrogen-bond donors (Lipinski definition) is 3. The van der Waals surface area contributed by atoms with Crippen molar-refractivity contribution in [2.24, 2.45) is 5.92 Å². The van der Waals surface area contributed by atoms with E-state index >= 15 is 0 Å². The Morgan fingerprint density at radius 3 is 2.74 bits per heavy atom. The maximum Gasteiger partial charge on any atom is 0.263 e. The maximum atomic E-state index is 13.6. The standard InChI is InChI=1S/C27H31F2N5O4/c1-13-8-18(10-34(13)27(37)15(3)35)33-26(36)21-14(2)32-24-22(30-12-31-23(21)24)19-9-17(25(28)29)6-7-20(19)38-11-16-4-5-16/h6-7,9,12-13,15-16,18,25,32,35H,4-5,8,10-11H2,1-3H3,(H,33,36)/t13-,15+,18+/m1/s1. The van der Waals surface area contributed by atoms with Gasteiger partial charge in [-0.25, -0.2) is 18.7 Å². The molecule has 1 saturated carbocycles. The number of aliphatic hydroxyl groups excluding tert-OH is 1. The second kappa shape index (κ2) is 10.3. The van der Waals surface area contributed by atoms with Gasteiger partial charge in [-0.2, -0.15) is 0 Å². The number of nitrogens with one attached hydrogen (secondary N) is 2. The van der Waals surface area contributed by atoms with Crippen molar-refractivity contribution in [1.82, 2.24) is 25.2 Å². The largest absolute Gasteiger partial charge is 0.493 e. The number of ether oxygens (including phenoxy) is 1. The fourth-order valence-corrected chi connectivity index (χ4v) is 5.03. The van der Waals surface area contributed by atoms with Gasteiger partial charge < -0.3 is 25.0 Å². The van der Waals surface area contributed by atoms with Crippen LogP contribution in [0.1, 0.15) is 61.2 Å². The summed E-state index contributed by atoms with van der Waals surface area (Å²) in [6.07, 6.45) is 0.252. The van der Waals surface area contributed by atoms with Crippen LogP contribution in [0.4, 0.5) is 8.78 Å². The number of aryl methyl sites for hydroxylation is 1. The fourth-order valence-electron chi connectivity index (χ4n) is 5.03. The van der Waals surface area contributed by atoms with E-state index in [9.17, 15) is 23.5 Å². The molecule has 1 aliphatic carbocycles. The molecule has 0 spiro atoms. The molecular formula is C27H31F2N5O4. The number of halogens is 2. The van der Waals surface area contributed by atoms with Gasteiger partial charge in [0.1, 0.15) is 29.4 Å². The van der Waals surface area contributed by atoms with Gasteiger partial charge in [0.25, 0.3) is 18.2 Å². The van der Waals surface area contributed by atoms with E-state index in [0.29, 0.717) is 64.8 Å². The van der Waals surface area contributed by atoms with E-state index < -0.39 is 12.5 Å². The average Bonchev–Trinajstić information content (AvgIpc) is 3.54. The zero-order chi connectivity index (χ0) is 27.1. The monoisotopic (exact) mass is 527 g/mol. The molecule has 3 N–H and O–H groups in total. The minimum Gasteiger partial charge on any atom is -0.493 e. The highest BCUT2D eigenvalue weighted by molar-refractivity contribution is 6.09. The van der Waals surface area contributed by atoms with Crippen molar-refractivity contribution in [2.75, 3.05) is 13.2 Å². The summed E-state index contributed by atoms with van der Waals surface area (Å²) in [5.41, 5.74) is 2.30. The Hall–Kier alpha value is -3.60. The number of fused-ring (bicyclic) bond motifs is 1. The quantitative estimate of drug-likeness (QED) is 0.410. The number of nitrogens with zero attached hydrogens (tertiary/aromatic N) is 3. The summed E-state index contributed by atoms with van der Waals surface area (Å²) in [5, 5.41) is 12.7. The summed E-state index contributed by atoms with van der Waals surface area (Å²) in [5.74, 6) is 0.174. The second-order valence-electron chi connectivity index (χ2n) is 10.3. The number of carbonyl (C=O) groups excluding carboxylic acids is 2. The van der Waals surface area contributed by atoms with Gasteiger partial charge in [0, 0.05) is 35.4 Å². The van der Waals surface area contributed by atoms with Gasteiger partial charge in [-0.3, -0.25) is 9.59 Å². The molecule has 9 nitrogen and oxygen atoms in total. The van der Waals surface area contributed by atoms with Gasteiger partial charge in [-0.15, -0.1) is 0 Å². The van der Waals surface area contributed by atoms with E-state index in [0.717, 1.165) is 12.8 Å². The van der Waals surface area contributed by atoms with Crippen LogP contribution in [0.25, 0.3) is 22.3 Å². The Morgan fingerprint density at radius 2 is 2.05 bits per heavy atom. The Kier molecular flexibility index (Phi) is 7.04. The number of likely N-dealkylation sites (tertiary alicyclic amines) is 1. The van der Waals surface area contributed by atoms with Crippen molar-refractivity contribution < 1.29 is 28.2 Å². The van der Waals surface area contributed by atoms with Crippen LogP contribution in [0.2, 0.25) is 0 Å². The predicted molar refractivity (Wildman–Crippen MR) is 136 cm³/mol. The van der Waals surface area contributed by atoms with Crippen molar-refractivity contribution >= 4 is 22.8 Å². The summed E-state index contributed by atoms with van der Waals surface area (Å²) in [6, 6.07) is 3.84. The lowest BCUT2D eigenvalue weighted by molar-refractivity contribution is -0.139. The third-order valence-corrected chi connectivity index (χ3v) is 7.23. The van der Waals surface area contributed by atoms with Crippen molar-refractivity contribution in [2.45, 2.75) is 64.6 Å². The zero-order valence-electron chi connectivity index (χ0n) is 21.5. The first-order valence-corrected chi connectivity index (χ1v) is 12.8. The highest BCUT2D eigenvalue weighted by Gasteiger charge is 2.35. The molecule has 1 aromatic carbocycles. The number of alkyl halides is 2. The van der Waals surface area contributed by atoms with Gasteiger partial charge in [0.15, 0.2) is 0 Å². The molecule has 2 aromatic heterocycles. The number of amides is 2. The molecule has 0 unspecified atom stereocenters. The van der Waals surface area contributed by atoms with E-state index in [1.165, 1.54) is 31.5 Å². The average molecular weight is 528 g/mol. The molecule has 3 aromatic rings. The first-order valence-electron chi connectivity index (χ1n) is 12.8. The molecule has 38 heavy (non-hydrogen) atoms. The molecule has 3 heterocycles. The second-order valence-corrected chi connectivity index (χ2v) is 10.3. The normalized spacial score (nSPS) is 20.2. The number of aromatic amines is 1. The Bertz CT molecular complexity index is 1370. The van der Waals surface area contributed by atoms with Gasteiger partial charge in [-0.1, -0.05) is 0 Å². The summed E-state index contributed by atoms with van der Waals surface area (Å²) >= 11 is 0. The molecule has 1 saturated heterocycles. The summed E-state index contributed by atoms with van der Waals surface area (Å²) in [4.78, 5) is 39.1. The molecule has 11 heteroatoms. The number of H-pyrrole nitrogens is 1. The number of aliphatic hydroxyl groups is 1. The smallest absolute Gasteiger partial charge is 0.263 e. The van der Waals surface area contributed by atoms with Crippen LogP contribution < -0.4 is 10.1 Å². The molecule has 2 fully saturated rings. The number of hydrogen-bond acceptors (Lipinski definition) is 6. The van der Waals surface area contributed by atoms with E-state index in [1.807, 2.05) is 6.92 Å². The van der Waals surface area contributed by atoms with Crippen LogP contribution in [0.15, 0.2) is 24.5 Å². The first-order chi connectivity index (χ1) is 18.1. The van der Waals surface area contributed by atoms with Gasteiger partial charge in [0.2, 0.25) is 0 Å². The Balaban J connectivity index is 1.46. The first kappa shape index (κ1) is 26.0. The predicted octanol–water partition coefficient (Wildman–Crippen LogP) is 3.76. The van der Waals surface area contributed by atoms with Crippen LogP contribution in [0.3, 0.4) is 0 Å². The Morgan fingerprint density at radius 1 is 1.29 bits per heavy atom. The summed E-state index contributed by atoms with van der Waals surface area (Å²) in [6.45, 7) is 5.83. The number of rotatable bonds is 8. The van der Waals surface area contributed by atoms with Gasteiger partial charge >= 0.3 is 0 Å². The maximum absolute atomic E-state index is 13.6. The fraction of sp³-hybridized carbons (Fsp3) is 0.481. The molecule has 1 aliphatic heterocycles.